The Balaban J connectivity index is 1.65. The van der Waals surface area contributed by atoms with Crippen molar-refractivity contribution in [2.45, 2.75) is 46.1 Å². The van der Waals surface area contributed by atoms with Crippen molar-refractivity contribution in [3.05, 3.63) is 58.9 Å². The SMILES string of the molecule is CN(Cc1cc(CO)cc2c1CN(c1cccc(-c3nncn3C)n1)C2=O)C(=O)OC(C)(C)C. The Labute approximate surface area is 197 Å². The lowest BCUT2D eigenvalue weighted by Gasteiger charge is -2.25. The molecule has 1 aliphatic rings. The maximum atomic E-state index is 13.4. The van der Waals surface area contributed by atoms with Gasteiger partial charge in [-0.25, -0.2) is 9.78 Å². The van der Waals surface area contributed by atoms with Gasteiger partial charge in [0, 0.05) is 26.2 Å². The molecular weight excluding hydrogens is 436 g/mol. The zero-order valence-corrected chi connectivity index (χ0v) is 19.9. The van der Waals surface area contributed by atoms with E-state index >= 15 is 0 Å². The minimum Gasteiger partial charge on any atom is -0.444 e. The molecule has 4 rings (SSSR count). The highest BCUT2D eigenvalue weighted by molar-refractivity contribution is 6.10. The summed E-state index contributed by atoms with van der Waals surface area (Å²) < 4.78 is 7.21. The lowest BCUT2D eigenvalue weighted by Crippen LogP contribution is -2.34. The molecule has 0 bridgehead atoms. The molecule has 0 radical (unpaired) electrons. The van der Waals surface area contributed by atoms with Crippen LogP contribution in [0.25, 0.3) is 11.5 Å². The number of hydrogen-bond acceptors (Lipinski definition) is 7. The maximum absolute atomic E-state index is 13.4. The molecule has 2 aromatic heterocycles. The molecule has 0 aliphatic carbocycles. The summed E-state index contributed by atoms with van der Waals surface area (Å²) in [6.45, 7) is 5.74. The van der Waals surface area contributed by atoms with Gasteiger partial charge in [0.25, 0.3) is 5.91 Å². The molecule has 10 heteroatoms. The first-order valence-corrected chi connectivity index (χ1v) is 10.9. The molecule has 2 amide bonds. The third-order valence-electron chi connectivity index (χ3n) is 5.44. The normalized spacial score (nSPS) is 13.2. The number of aliphatic hydroxyl groups excluding tert-OH is 1. The Hall–Kier alpha value is -3.79. The summed E-state index contributed by atoms with van der Waals surface area (Å²) in [5.74, 6) is 0.862. The minimum absolute atomic E-state index is 0.214. The van der Waals surface area contributed by atoms with E-state index in [4.69, 9.17) is 4.74 Å². The molecule has 1 aromatic carbocycles. The fourth-order valence-corrected chi connectivity index (χ4v) is 3.84. The summed E-state index contributed by atoms with van der Waals surface area (Å²) >= 11 is 0. The molecule has 178 valence electrons. The monoisotopic (exact) mass is 464 g/mol. The summed E-state index contributed by atoms with van der Waals surface area (Å²) in [5.41, 5.74) is 2.64. The smallest absolute Gasteiger partial charge is 0.410 e. The maximum Gasteiger partial charge on any atom is 0.410 e. The average molecular weight is 465 g/mol. The molecule has 0 unspecified atom stereocenters. The van der Waals surface area contributed by atoms with E-state index < -0.39 is 11.7 Å². The largest absolute Gasteiger partial charge is 0.444 e. The number of hydrogen-bond donors (Lipinski definition) is 1. The summed E-state index contributed by atoms with van der Waals surface area (Å²) in [4.78, 5) is 33.5. The number of aryl methyl sites for hydroxylation is 1. The zero-order chi connectivity index (χ0) is 24.6. The van der Waals surface area contributed by atoms with E-state index in [2.05, 4.69) is 15.2 Å². The predicted molar refractivity (Wildman–Crippen MR) is 125 cm³/mol. The third kappa shape index (κ3) is 4.62. The van der Waals surface area contributed by atoms with Gasteiger partial charge in [0.1, 0.15) is 23.4 Å². The molecule has 1 aliphatic heterocycles. The van der Waals surface area contributed by atoms with Crippen molar-refractivity contribution in [2.75, 3.05) is 11.9 Å². The van der Waals surface area contributed by atoms with Crippen molar-refractivity contribution >= 4 is 17.8 Å². The molecule has 3 aromatic rings. The van der Waals surface area contributed by atoms with Gasteiger partial charge in [-0.2, -0.15) is 0 Å². The summed E-state index contributed by atoms with van der Waals surface area (Å²) in [6.07, 6.45) is 1.12. The highest BCUT2D eigenvalue weighted by atomic mass is 16.6. The molecule has 0 atom stereocenters. The highest BCUT2D eigenvalue weighted by Gasteiger charge is 2.33. The standard InChI is InChI=1S/C24H28N6O4/c1-24(2,3)34-23(33)28(4)11-16-9-15(13-31)10-17-18(16)12-30(22(17)32)20-8-6-7-19(26-20)21-27-25-14-29(21)5/h6-10,14,31H,11-13H2,1-5H3. The number of anilines is 1. The molecule has 3 heterocycles. The highest BCUT2D eigenvalue weighted by Crippen LogP contribution is 2.32. The lowest BCUT2D eigenvalue weighted by atomic mass is 9.99. The Bertz CT molecular complexity index is 1250. The van der Waals surface area contributed by atoms with Crippen LogP contribution in [0.5, 0.6) is 0 Å². The number of nitrogens with zero attached hydrogens (tertiary/aromatic N) is 6. The summed E-state index contributed by atoms with van der Waals surface area (Å²) in [6, 6.07) is 8.91. The van der Waals surface area contributed by atoms with Crippen LogP contribution >= 0.6 is 0 Å². The third-order valence-corrected chi connectivity index (χ3v) is 5.44. The first kappa shape index (κ1) is 23.4. The molecule has 0 fully saturated rings. The number of pyridine rings is 1. The molecule has 34 heavy (non-hydrogen) atoms. The van der Waals surface area contributed by atoms with E-state index in [1.165, 1.54) is 4.90 Å². The molecule has 10 nitrogen and oxygen atoms in total. The van der Waals surface area contributed by atoms with Crippen LogP contribution in [-0.2, 0) is 31.5 Å². The van der Waals surface area contributed by atoms with Gasteiger partial charge in [0.2, 0.25) is 0 Å². The van der Waals surface area contributed by atoms with Crippen molar-refractivity contribution in [1.29, 1.82) is 0 Å². The van der Waals surface area contributed by atoms with Crippen LogP contribution in [0.4, 0.5) is 10.6 Å². The van der Waals surface area contributed by atoms with Crippen molar-refractivity contribution in [3.63, 3.8) is 0 Å². The Morgan fingerprint density at radius 3 is 2.68 bits per heavy atom. The van der Waals surface area contributed by atoms with Gasteiger partial charge < -0.3 is 19.3 Å². The van der Waals surface area contributed by atoms with E-state index in [-0.39, 0.29) is 19.1 Å². The van der Waals surface area contributed by atoms with Gasteiger partial charge in [0.05, 0.1) is 13.2 Å². The Kier molecular flexibility index (Phi) is 6.09. The van der Waals surface area contributed by atoms with Gasteiger partial charge in [-0.1, -0.05) is 12.1 Å². The topological polar surface area (TPSA) is 114 Å². The molecule has 0 spiro atoms. The van der Waals surface area contributed by atoms with Gasteiger partial charge in [-0.05, 0) is 55.7 Å². The molecule has 0 saturated heterocycles. The number of rotatable bonds is 5. The van der Waals surface area contributed by atoms with Crippen molar-refractivity contribution < 1.29 is 19.4 Å². The first-order chi connectivity index (χ1) is 16.1. The second-order valence-corrected chi connectivity index (χ2v) is 9.31. The van der Waals surface area contributed by atoms with Crippen LogP contribution in [0.15, 0.2) is 36.7 Å². The van der Waals surface area contributed by atoms with Crippen LogP contribution in [0.3, 0.4) is 0 Å². The minimum atomic E-state index is -0.619. The number of ether oxygens (including phenoxy) is 1. The lowest BCUT2D eigenvalue weighted by molar-refractivity contribution is 0.0284. The fraction of sp³-hybridized carbons (Fsp3) is 0.375. The van der Waals surface area contributed by atoms with E-state index in [0.717, 1.165) is 11.1 Å². The average Bonchev–Trinajstić information content (AvgIpc) is 3.36. The first-order valence-electron chi connectivity index (χ1n) is 10.9. The quantitative estimate of drug-likeness (QED) is 0.618. The Morgan fingerprint density at radius 2 is 2.03 bits per heavy atom. The second kappa shape index (κ2) is 8.86. The number of benzene rings is 1. The van der Waals surface area contributed by atoms with E-state index in [0.29, 0.717) is 35.0 Å². The van der Waals surface area contributed by atoms with Crippen molar-refractivity contribution in [1.82, 2.24) is 24.6 Å². The number of carbonyl (C=O) groups is 2. The van der Waals surface area contributed by atoms with Gasteiger partial charge in [0.15, 0.2) is 5.82 Å². The van der Waals surface area contributed by atoms with Gasteiger partial charge >= 0.3 is 6.09 Å². The van der Waals surface area contributed by atoms with Crippen LogP contribution in [-0.4, -0.2) is 54.4 Å². The van der Waals surface area contributed by atoms with Crippen molar-refractivity contribution in [3.8, 4) is 11.5 Å². The van der Waals surface area contributed by atoms with Crippen LogP contribution in [0, 0.1) is 0 Å². The molecular formula is C24H28N6O4. The predicted octanol–water partition coefficient (Wildman–Crippen LogP) is 2.90. The molecule has 1 N–H and O–H groups in total. The zero-order valence-electron chi connectivity index (χ0n) is 19.9. The van der Waals surface area contributed by atoms with Crippen LogP contribution in [0.1, 0.15) is 47.8 Å². The van der Waals surface area contributed by atoms with Crippen molar-refractivity contribution in [2.24, 2.45) is 7.05 Å². The number of fused-ring (bicyclic) bond motifs is 1. The number of aromatic nitrogens is 4. The number of aliphatic hydroxyl groups is 1. The second-order valence-electron chi connectivity index (χ2n) is 9.31. The van der Waals surface area contributed by atoms with Crippen LogP contribution in [0.2, 0.25) is 0 Å². The summed E-state index contributed by atoms with van der Waals surface area (Å²) in [7, 11) is 3.47. The Morgan fingerprint density at radius 1 is 1.26 bits per heavy atom. The van der Waals surface area contributed by atoms with E-state index in [1.54, 1.807) is 35.0 Å². The van der Waals surface area contributed by atoms with Gasteiger partial charge in [-0.15, -0.1) is 10.2 Å². The number of carbonyl (C=O) groups excluding carboxylic acids is 2. The van der Waals surface area contributed by atoms with E-state index in [9.17, 15) is 14.7 Å². The number of amides is 2. The summed E-state index contributed by atoms with van der Waals surface area (Å²) in [5, 5.41) is 17.8. The molecule has 0 saturated carbocycles. The van der Waals surface area contributed by atoms with E-state index in [1.807, 2.05) is 46.0 Å². The van der Waals surface area contributed by atoms with Crippen LogP contribution < -0.4 is 4.90 Å². The van der Waals surface area contributed by atoms with Gasteiger partial charge in [-0.3, -0.25) is 9.69 Å². The fourth-order valence-electron chi connectivity index (χ4n) is 3.84.